The van der Waals surface area contributed by atoms with E-state index >= 15 is 0 Å². The van der Waals surface area contributed by atoms with Gasteiger partial charge in [-0.05, 0) is 31.2 Å². The molecule has 0 aromatic heterocycles. The monoisotopic (exact) mass is 309 g/mol. The topological polar surface area (TPSA) is 36.9 Å². The smallest absolute Gasteiger partial charge is 0.423 e. The maximum absolute atomic E-state index is 6.04. The minimum Gasteiger partial charge on any atom is -0.462 e. The molecule has 21 heavy (non-hydrogen) atoms. The first-order chi connectivity index (χ1) is 10.00. The third kappa shape index (κ3) is 3.66. The van der Waals surface area contributed by atoms with Crippen LogP contribution in [0.1, 0.15) is 40.2 Å². The largest absolute Gasteiger partial charge is 0.462 e. The number of ether oxygens (including phenoxy) is 2. The summed E-state index contributed by atoms with van der Waals surface area (Å²) in [6.07, 6.45) is 0. The van der Waals surface area contributed by atoms with Crippen LogP contribution in [0.25, 0.3) is 0 Å². The van der Waals surface area contributed by atoms with Crippen LogP contribution in [0.4, 0.5) is 0 Å². The molecule has 117 valence electrons. The van der Waals surface area contributed by atoms with E-state index in [0.717, 1.165) is 16.5 Å². The van der Waals surface area contributed by atoms with Crippen LogP contribution in [0, 0.1) is 5.92 Å². The third-order valence-electron chi connectivity index (χ3n) is 3.72. The summed E-state index contributed by atoms with van der Waals surface area (Å²) in [5.74, 6) is 0.634. The van der Waals surface area contributed by atoms with E-state index in [1.54, 1.807) is 0 Å². The molecule has 0 spiro atoms. The van der Waals surface area contributed by atoms with Crippen molar-refractivity contribution in [1.82, 2.24) is 0 Å². The Morgan fingerprint density at radius 1 is 1.24 bits per heavy atom. The van der Waals surface area contributed by atoms with Crippen LogP contribution in [-0.4, -0.2) is 28.3 Å². The molecule has 0 bridgehead atoms. The van der Waals surface area contributed by atoms with Crippen molar-refractivity contribution < 1.29 is 18.3 Å². The maximum Gasteiger partial charge on any atom is 0.423 e. The van der Waals surface area contributed by atoms with Gasteiger partial charge in [0.2, 0.25) is 5.79 Å². The summed E-state index contributed by atoms with van der Waals surface area (Å²) in [5.41, 5.74) is 1.06. The first kappa shape index (κ1) is 16.5. The van der Waals surface area contributed by atoms with Gasteiger partial charge in [-0.15, -0.1) is 0 Å². The summed E-state index contributed by atoms with van der Waals surface area (Å²) >= 11 is 0. The van der Waals surface area contributed by atoms with E-state index in [1.165, 1.54) is 0 Å². The van der Waals surface area contributed by atoms with Crippen molar-refractivity contribution >= 4 is 14.5 Å². The molecule has 5 heteroatoms. The molecule has 0 saturated carbocycles. The highest BCUT2D eigenvalue weighted by Gasteiger charge is 2.36. The zero-order valence-corrected chi connectivity index (χ0v) is 14.6. The Hall–Kier alpha value is -0.883. The predicted octanol–water partition coefficient (Wildman–Crippen LogP) is 2.74. The van der Waals surface area contributed by atoms with E-state index in [1.807, 2.05) is 32.9 Å². The molecule has 0 saturated heterocycles. The van der Waals surface area contributed by atoms with Crippen LogP contribution in [0.3, 0.4) is 0 Å². The van der Waals surface area contributed by atoms with E-state index in [-0.39, 0.29) is 5.92 Å². The number of rotatable bonds is 6. The fourth-order valence-electron chi connectivity index (χ4n) is 2.14. The Morgan fingerprint density at radius 2 is 1.90 bits per heavy atom. The molecule has 1 aromatic carbocycles. The van der Waals surface area contributed by atoms with Crippen molar-refractivity contribution in [2.45, 2.75) is 47.0 Å². The quantitative estimate of drug-likeness (QED) is 0.757. The van der Waals surface area contributed by atoms with Crippen LogP contribution in [0.2, 0.25) is 0 Å². The van der Waals surface area contributed by atoms with Gasteiger partial charge in [0.1, 0.15) is 5.75 Å². The van der Waals surface area contributed by atoms with Crippen molar-refractivity contribution in [3.8, 4) is 5.75 Å². The van der Waals surface area contributed by atoms with Crippen molar-refractivity contribution in [1.29, 1.82) is 0 Å². The van der Waals surface area contributed by atoms with Gasteiger partial charge in [0.15, 0.2) is 0 Å². The summed E-state index contributed by atoms with van der Waals surface area (Å²) in [4.78, 5) is 0. The lowest BCUT2D eigenvalue weighted by Gasteiger charge is -2.38. The van der Waals surface area contributed by atoms with Crippen LogP contribution < -0.4 is 9.92 Å². The zero-order chi connectivity index (χ0) is 15.5. The molecular weight excluding hydrogens is 284 g/mol. The highest BCUT2D eigenvalue weighted by atomic mass is 28.3. The van der Waals surface area contributed by atoms with Crippen LogP contribution in [-0.2, 0) is 20.2 Å². The number of fused-ring (bicyclic) bond motifs is 1. The molecule has 1 radical (unpaired) electrons. The summed E-state index contributed by atoms with van der Waals surface area (Å²) < 4.78 is 23.4. The van der Waals surface area contributed by atoms with Gasteiger partial charge in [0, 0.05) is 31.6 Å². The Balaban J connectivity index is 2.21. The van der Waals surface area contributed by atoms with Crippen LogP contribution in [0.5, 0.6) is 5.75 Å². The molecule has 1 aliphatic heterocycles. The molecular formula is C16H25O4Si. The average molecular weight is 309 g/mol. The standard InChI is InChI=1S/C16H25O4Si/c1-6-18-21(19-7-2)14-8-9-15-13(10-14)11-17-16(5,20-15)12(3)4/h8-10,12H,6-7,11H2,1-5H3. The van der Waals surface area contributed by atoms with Gasteiger partial charge in [-0.25, -0.2) is 0 Å². The van der Waals surface area contributed by atoms with Crippen molar-refractivity contribution in [2.24, 2.45) is 5.92 Å². The van der Waals surface area contributed by atoms with Gasteiger partial charge in [0.25, 0.3) is 0 Å². The fourth-order valence-corrected chi connectivity index (χ4v) is 3.60. The fraction of sp³-hybridized carbons (Fsp3) is 0.625. The minimum absolute atomic E-state index is 0.289. The third-order valence-corrected chi connectivity index (χ3v) is 5.61. The Morgan fingerprint density at radius 3 is 2.48 bits per heavy atom. The molecule has 0 N–H and O–H groups in total. The SMILES string of the molecule is CCO[Si](OCC)c1ccc2c(c1)COC(C)(C(C)C)O2. The molecule has 1 unspecified atom stereocenters. The molecule has 2 rings (SSSR count). The molecule has 0 fully saturated rings. The van der Waals surface area contributed by atoms with Gasteiger partial charge in [0.05, 0.1) is 6.61 Å². The lowest BCUT2D eigenvalue weighted by atomic mass is 10.0. The number of hydrogen-bond donors (Lipinski definition) is 0. The molecule has 1 atom stereocenters. The average Bonchev–Trinajstić information content (AvgIpc) is 2.46. The lowest BCUT2D eigenvalue weighted by molar-refractivity contribution is -0.219. The number of hydrogen-bond acceptors (Lipinski definition) is 4. The molecule has 0 amide bonds. The van der Waals surface area contributed by atoms with Crippen LogP contribution in [0.15, 0.2) is 18.2 Å². The summed E-state index contributed by atoms with van der Waals surface area (Å²) in [6.45, 7) is 12.0. The second-order valence-corrected chi connectivity index (χ2v) is 7.27. The summed E-state index contributed by atoms with van der Waals surface area (Å²) in [5, 5.41) is 1.10. The molecule has 0 aliphatic carbocycles. The Labute approximate surface area is 129 Å². The number of benzene rings is 1. The zero-order valence-electron chi connectivity index (χ0n) is 13.6. The highest BCUT2D eigenvalue weighted by Crippen LogP contribution is 2.34. The van der Waals surface area contributed by atoms with Gasteiger partial charge < -0.3 is 18.3 Å². The van der Waals surface area contributed by atoms with Gasteiger partial charge in [-0.3, -0.25) is 0 Å². The normalized spacial score (nSPS) is 21.5. The Bertz CT molecular complexity index is 471. The van der Waals surface area contributed by atoms with E-state index in [2.05, 4.69) is 19.9 Å². The first-order valence-electron chi connectivity index (χ1n) is 7.59. The lowest BCUT2D eigenvalue weighted by Crippen LogP contribution is -2.44. The van der Waals surface area contributed by atoms with E-state index in [9.17, 15) is 0 Å². The predicted molar refractivity (Wildman–Crippen MR) is 83.7 cm³/mol. The van der Waals surface area contributed by atoms with Gasteiger partial charge in [-0.2, -0.15) is 0 Å². The second-order valence-electron chi connectivity index (χ2n) is 5.54. The second kappa shape index (κ2) is 6.92. The summed E-state index contributed by atoms with van der Waals surface area (Å²) in [7, 11) is -1.41. The van der Waals surface area contributed by atoms with Crippen molar-refractivity contribution in [2.75, 3.05) is 13.2 Å². The molecule has 1 heterocycles. The van der Waals surface area contributed by atoms with E-state index < -0.39 is 15.1 Å². The summed E-state index contributed by atoms with van der Waals surface area (Å²) in [6, 6.07) is 6.15. The van der Waals surface area contributed by atoms with Crippen molar-refractivity contribution in [3.05, 3.63) is 23.8 Å². The molecule has 4 nitrogen and oxygen atoms in total. The van der Waals surface area contributed by atoms with Gasteiger partial charge in [-0.1, -0.05) is 19.9 Å². The van der Waals surface area contributed by atoms with E-state index in [0.29, 0.717) is 19.8 Å². The van der Waals surface area contributed by atoms with E-state index in [4.69, 9.17) is 18.3 Å². The van der Waals surface area contributed by atoms with Crippen LogP contribution >= 0.6 is 0 Å². The molecule has 1 aliphatic rings. The first-order valence-corrected chi connectivity index (χ1v) is 8.90. The minimum atomic E-state index is -1.41. The maximum atomic E-state index is 6.04. The highest BCUT2D eigenvalue weighted by molar-refractivity contribution is 6.61. The Kier molecular flexibility index (Phi) is 5.43. The molecule has 1 aromatic rings. The van der Waals surface area contributed by atoms with Crippen molar-refractivity contribution in [3.63, 3.8) is 0 Å². The van der Waals surface area contributed by atoms with Gasteiger partial charge >= 0.3 is 9.28 Å².